The highest BCUT2D eigenvalue weighted by atomic mass is 35.5. The number of pyridine rings is 1. The lowest BCUT2D eigenvalue weighted by Crippen LogP contribution is -2.20. The van der Waals surface area contributed by atoms with Gasteiger partial charge in [0.15, 0.2) is 0 Å². The fourth-order valence-corrected chi connectivity index (χ4v) is 4.50. The van der Waals surface area contributed by atoms with Gasteiger partial charge in [-0.2, -0.15) is 5.10 Å². The molecule has 0 amide bonds. The van der Waals surface area contributed by atoms with Crippen molar-refractivity contribution in [2.24, 2.45) is 7.05 Å². The lowest BCUT2D eigenvalue weighted by Gasteiger charge is -2.23. The first-order valence-electron chi connectivity index (χ1n) is 11.0. The Labute approximate surface area is 198 Å². The van der Waals surface area contributed by atoms with Gasteiger partial charge in [-0.05, 0) is 55.5 Å². The minimum Gasteiger partial charge on any atom is -0.373 e. The Morgan fingerprint density at radius 1 is 1.28 bits per heavy atom. The van der Waals surface area contributed by atoms with Crippen molar-refractivity contribution in [2.45, 2.75) is 51.6 Å². The third-order valence-corrected chi connectivity index (χ3v) is 6.44. The van der Waals surface area contributed by atoms with Crippen molar-refractivity contribution in [2.75, 3.05) is 5.32 Å². The number of benzene rings is 1. The van der Waals surface area contributed by atoms with Crippen LogP contribution in [0.3, 0.4) is 0 Å². The van der Waals surface area contributed by atoms with Gasteiger partial charge in [-0.1, -0.05) is 55.3 Å². The monoisotopic (exact) mass is 470 g/mol. The molecule has 2 heterocycles. The van der Waals surface area contributed by atoms with Gasteiger partial charge in [0.05, 0.1) is 23.5 Å². The van der Waals surface area contributed by atoms with Gasteiger partial charge >= 0.3 is 0 Å². The molecule has 5 nitrogen and oxygen atoms in total. The summed E-state index contributed by atoms with van der Waals surface area (Å²) in [4.78, 5) is 12.1. The molecule has 168 valence electrons. The number of anilines is 1. The standard InChI is InChI=1S/C25H28Cl2N4O/c1-5-6-15(2)23-22(16(3)31(29-23)20-11-12-20)24(17-7-9-18(26)10-8-17)28-19-13-21(27)25(32)30(4)14-19/h7-10,13-14,20,24,28H,2,5-6,11-12H2,1,3-4H3. The Kier molecular flexibility index (Phi) is 6.50. The average molecular weight is 471 g/mol. The van der Waals surface area contributed by atoms with Gasteiger partial charge < -0.3 is 9.88 Å². The van der Waals surface area contributed by atoms with Crippen molar-refractivity contribution >= 4 is 34.5 Å². The number of halogens is 2. The van der Waals surface area contributed by atoms with Gasteiger partial charge in [0.25, 0.3) is 5.56 Å². The Balaban J connectivity index is 1.87. The van der Waals surface area contributed by atoms with Crippen molar-refractivity contribution in [3.05, 3.63) is 86.0 Å². The molecule has 0 saturated heterocycles. The fraction of sp³-hybridized carbons (Fsp3) is 0.360. The number of nitrogens with one attached hydrogen (secondary N) is 1. The zero-order chi connectivity index (χ0) is 23.0. The van der Waals surface area contributed by atoms with Crippen LogP contribution < -0.4 is 10.9 Å². The van der Waals surface area contributed by atoms with E-state index in [-0.39, 0.29) is 16.6 Å². The first-order chi connectivity index (χ1) is 15.3. The van der Waals surface area contributed by atoms with E-state index < -0.39 is 0 Å². The quantitative estimate of drug-likeness (QED) is 0.406. The van der Waals surface area contributed by atoms with Crippen LogP contribution in [0.1, 0.15) is 67.2 Å². The molecular formula is C25H28Cl2N4O. The van der Waals surface area contributed by atoms with Crippen LogP contribution in [0.5, 0.6) is 0 Å². The molecule has 0 spiro atoms. The predicted molar refractivity (Wildman–Crippen MR) is 133 cm³/mol. The molecule has 7 heteroatoms. The summed E-state index contributed by atoms with van der Waals surface area (Å²) in [6.45, 7) is 8.63. The highest BCUT2D eigenvalue weighted by molar-refractivity contribution is 6.30. The van der Waals surface area contributed by atoms with Crippen LogP contribution in [0.4, 0.5) is 5.69 Å². The maximum atomic E-state index is 12.1. The molecule has 1 atom stereocenters. The van der Waals surface area contributed by atoms with E-state index in [1.807, 2.05) is 24.3 Å². The van der Waals surface area contributed by atoms with Crippen LogP contribution in [-0.2, 0) is 7.05 Å². The Morgan fingerprint density at radius 3 is 2.56 bits per heavy atom. The fourth-order valence-electron chi connectivity index (χ4n) is 4.13. The second kappa shape index (κ2) is 9.16. The van der Waals surface area contributed by atoms with E-state index in [1.165, 1.54) is 4.57 Å². The van der Waals surface area contributed by atoms with Crippen molar-refractivity contribution in [1.82, 2.24) is 14.3 Å². The molecule has 1 saturated carbocycles. The molecule has 1 aromatic carbocycles. The smallest absolute Gasteiger partial charge is 0.269 e. The van der Waals surface area contributed by atoms with Crippen LogP contribution in [0, 0.1) is 6.92 Å². The largest absolute Gasteiger partial charge is 0.373 e. The Bertz CT molecular complexity index is 1180. The number of rotatable bonds is 8. The molecule has 3 aromatic rings. The summed E-state index contributed by atoms with van der Waals surface area (Å²) in [6.07, 6.45) is 5.95. The van der Waals surface area contributed by atoms with E-state index in [9.17, 15) is 4.79 Å². The SMILES string of the molecule is C=C(CCC)c1nn(C2CC2)c(C)c1C(Nc1cc(Cl)c(=O)n(C)c1)c1ccc(Cl)cc1. The number of aryl methyl sites for hydroxylation is 1. The van der Waals surface area contributed by atoms with Crippen molar-refractivity contribution < 1.29 is 0 Å². The van der Waals surface area contributed by atoms with E-state index in [1.54, 1.807) is 19.3 Å². The maximum Gasteiger partial charge on any atom is 0.269 e. The molecule has 1 aliphatic carbocycles. The molecule has 32 heavy (non-hydrogen) atoms. The maximum absolute atomic E-state index is 12.1. The number of nitrogens with zero attached hydrogens (tertiary/aromatic N) is 3. The van der Waals surface area contributed by atoms with E-state index in [4.69, 9.17) is 28.3 Å². The van der Waals surface area contributed by atoms with Crippen LogP contribution in [-0.4, -0.2) is 14.3 Å². The van der Waals surface area contributed by atoms with Gasteiger partial charge in [-0.15, -0.1) is 0 Å². The van der Waals surface area contributed by atoms with Crippen molar-refractivity contribution in [3.63, 3.8) is 0 Å². The van der Waals surface area contributed by atoms with Gasteiger partial charge in [0, 0.05) is 29.5 Å². The lowest BCUT2D eigenvalue weighted by atomic mass is 9.93. The first kappa shape index (κ1) is 22.7. The summed E-state index contributed by atoms with van der Waals surface area (Å²) < 4.78 is 3.64. The molecule has 1 N–H and O–H groups in total. The highest BCUT2D eigenvalue weighted by Gasteiger charge is 2.32. The van der Waals surface area contributed by atoms with Crippen LogP contribution in [0.25, 0.3) is 5.57 Å². The van der Waals surface area contributed by atoms with Gasteiger partial charge in [0.2, 0.25) is 0 Å². The molecule has 1 aliphatic rings. The van der Waals surface area contributed by atoms with Gasteiger partial charge in [-0.3, -0.25) is 9.48 Å². The van der Waals surface area contributed by atoms with E-state index in [0.717, 1.165) is 59.5 Å². The van der Waals surface area contributed by atoms with E-state index >= 15 is 0 Å². The van der Waals surface area contributed by atoms with Crippen molar-refractivity contribution in [3.8, 4) is 0 Å². The zero-order valence-corrected chi connectivity index (χ0v) is 20.2. The summed E-state index contributed by atoms with van der Waals surface area (Å²) >= 11 is 12.4. The van der Waals surface area contributed by atoms with Gasteiger partial charge in [0.1, 0.15) is 5.02 Å². The molecule has 4 rings (SSSR count). The molecule has 1 fully saturated rings. The molecule has 0 bridgehead atoms. The molecule has 2 aromatic heterocycles. The van der Waals surface area contributed by atoms with Crippen LogP contribution in [0.15, 0.2) is 47.9 Å². The van der Waals surface area contributed by atoms with Crippen LogP contribution >= 0.6 is 23.2 Å². The molecular weight excluding hydrogens is 443 g/mol. The lowest BCUT2D eigenvalue weighted by molar-refractivity contribution is 0.618. The second-order valence-electron chi connectivity index (χ2n) is 8.50. The number of allylic oxidation sites excluding steroid dienone is 1. The topological polar surface area (TPSA) is 51.9 Å². The normalized spacial score (nSPS) is 14.4. The summed E-state index contributed by atoms with van der Waals surface area (Å²) in [5.41, 5.74) is 5.77. The highest BCUT2D eigenvalue weighted by Crippen LogP contribution is 2.41. The molecule has 0 aliphatic heterocycles. The summed E-state index contributed by atoms with van der Waals surface area (Å²) in [5.74, 6) is 0. The minimum atomic E-state index is -0.227. The second-order valence-corrected chi connectivity index (χ2v) is 9.34. The summed E-state index contributed by atoms with van der Waals surface area (Å²) in [7, 11) is 1.70. The summed E-state index contributed by atoms with van der Waals surface area (Å²) in [6, 6.07) is 9.73. The Morgan fingerprint density at radius 2 is 1.97 bits per heavy atom. The van der Waals surface area contributed by atoms with Crippen LogP contribution in [0.2, 0.25) is 10.0 Å². The molecule has 1 unspecified atom stereocenters. The Hall–Kier alpha value is -2.50. The number of hydrogen-bond acceptors (Lipinski definition) is 3. The van der Waals surface area contributed by atoms with E-state index in [0.29, 0.717) is 11.1 Å². The first-order valence-corrected chi connectivity index (χ1v) is 11.7. The third-order valence-electron chi connectivity index (χ3n) is 5.92. The molecule has 0 radical (unpaired) electrons. The zero-order valence-electron chi connectivity index (χ0n) is 18.7. The third kappa shape index (κ3) is 4.50. The number of hydrogen-bond donors (Lipinski definition) is 1. The van der Waals surface area contributed by atoms with E-state index in [2.05, 4.69) is 30.4 Å². The van der Waals surface area contributed by atoms with Crippen molar-refractivity contribution in [1.29, 1.82) is 0 Å². The number of aromatic nitrogens is 3. The predicted octanol–water partition coefficient (Wildman–Crippen LogP) is 6.55. The summed E-state index contributed by atoms with van der Waals surface area (Å²) in [5, 5.41) is 9.48. The minimum absolute atomic E-state index is 0.174. The average Bonchev–Trinajstić information content (AvgIpc) is 3.54. The van der Waals surface area contributed by atoms with Gasteiger partial charge in [-0.25, -0.2) is 0 Å².